The summed E-state index contributed by atoms with van der Waals surface area (Å²) in [7, 11) is 0. The number of para-hydroxylation sites is 1. The average molecular weight is 297 g/mol. The minimum absolute atomic E-state index is 0.0541. The van der Waals surface area contributed by atoms with E-state index in [0.717, 1.165) is 10.9 Å². The number of carboxylic acids is 1. The molecule has 0 saturated carbocycles. The molecule has 0 spiro atoms. The number of hydrogen-bond acceptors (Lipinski definition) is 4. The Morgan fingerprint density at radius 1 is 1.41 bits per heavy atom. The molecule has 0 unspecified atom stereocenters. The summed E-state index contributed by atoms with van der Waals surface area (Å²) >= 11 is 0. The summed E-state index contributed by atoms with van der Waals surface area (Å²) < 4.78 is 0. The quantitative estimate of drug-likeness (QED) is 0.878. The van der Waals surface area contributed by atoms with Crippen LogP contribution in [0.3, 0.4) is 0 Å². The van der Waals surface area contributed by atoms with Crippen molar-refractivity contribution in [3.63, 3.8) is 0 Å². The SMILES string of the molecule is C[C@H](C#N)C[C@@H](NC(=O)c1cnc2ccccc2c1)C(=O)O. The molecule has 1 heterocycles. The standard InChI is InChI=1S/C16H15N3O3/c1-10(8-17)6-14(16(21)22)19-15(20)12-7-11-4-2-3-5-13(11)18-9-12/h2-5,7,9-10,14H,6H2,1H3,(H,19,20)(H,21,22)/t10-,14+/m0/s1. The summed E-state index contributed by atoms with van der Waals surface area (Å²) in [4.78, 5) is 27.5. The summed E-state index contributed by atoms with van der Waals surface area (Å²) in [5, 5.41) is 21.1. The highest BCUT2D eigenvalue weighted by Crippen LogP contribution is 2.13. The molecule has 1 aromatic carbocycles. The molecule has 1 aromatic heterocycles. The van der Waals surface area contributed by atoms with E-state index in [0.29, 0.717) is 0 Å². The molecule has 0 aliphatic heterocycles. The Morgan fingerprint density at radius 3 is 2.82 bits per heavy atom. The monoisotopic (exact) mass is 297 g/mol. The molecule has 112 valence electrons. The number of carbonyl (C=O) groups is 2. The highest BCUT2D eigenvalue weighted by Gasteiger charge is 2.23. The van der Waals surface area contributed by atoms with Gasteiger partial charge in [-0.2, -0.15) is 5.26 Å². The zero-order valence-corrected chi connectivity index (χ0v) is 12.0. The lowest BCUT2D eigenvalue weighted by Crippen LogP contribution is -2.41. The number of amides is 1. The third-order valence-corrected chi connectivity index (χ3v) is 3.27. The molecule has 6 heteroatoms. The van der Waals surface area contributed by atoms with E-state index in [1.165, 1.54) is 6.20 Å². The van der Waals surface area contributed by atoms with Crippen LogP contribution in [0.2, 0.25) is 0 Å². The number of aliphatic carboxylic acids is 1. The van der Waals surface area contributed by atoms with E-state index < -0.39 is 23.8 Å². The van der Waals surface area contributed by atoms with Crippen molar-refractivity contribution in [2.24, 2.45) is 5.92 Å². The van der Waals surface area contributed by atoms with Gasteiger partial charge in [0.25, 0.3) is 5.91 Å². The molecular formula is C16H15N3O3. The normalized spacial score (nSPS) is 13.1. The lowest BCUT2D eigenvalue weighted by atomic mass is 10.0. The summed E-state index contributed by atoms with van der Waals surface area (Å²) in [6.07, 6.45) is 1.46. The van der Waals surface area contributed by atoms with Crippen LogP contribution in [-0.4, -0.2) is 28.0 Å². The number of carbonyl (C=O) groups excluding carboxylic acids is 1. The second-order valence-electron chi connectivity index (χ2n) is 5.05. The van der Waals surface area contributed by atoms with Crippen LogP contribution in [0.15, 0.2) is 36.5 Å². The zero-order valence-electron chi connectivity index (χ0n) is 12.0. The highest BCUT2D eigenvalue weighted by atomic mass is 16.4. The second-order valence-corrected chi connectivity index (χ2v) is 5.05. The second kappa shape index (κ2) is 6.68. The Balaban J connectivity index is 2.18. The van der Waals surface area contributed by atoms with Crippen molar-refractivity contribution in [1.82, 2.24) is 10.3 Å². The summed E-state index contributed by atoms with van der Waals surface area (Å²) in [5.74, 6) is -2.14. The van der Waals surface area contributed by atoms with Crippen LogP contribution < -0.4 is 5.32 Å². The number of nitrogens with zero attached hydrogens (tertiary/aromatic N) is 2. The van der Waals surface area contributed by atoms with Crippen LogP contribution in [0.1, 0.15) is 23.7 Å². The van der Waals surface area contributed by atoms with Crippen molar-refractivity contribution >= 4 is 22.8 Å². The molecule has 0 aliphatic carbocycles. The molecule has 22 heavy (non-hydrogen) atoms. The van der Waals surface area contributed by atoms with Crippen molar-refractivity contribution in [2.75, 3.05) is 0 Å². The van der Waals surface area contributed by atoms with Gasteiger partial charge in [0.2, 0.25) is 0 Å². The Morgan fingerprint density at radius 2 is 2.14 bits per heavy atom. The van der Waals surface area contributed by atoms with Gasteiger partial charge >= 0.3 is 5.97 Å². The molecule has 0 aliphatic rings. The molecule has 6 nitrogen and oxygen atoms in total. The molecule has 2 rings (SSSR count). The van der Waals surface area contributed by atoms with Crippen LogP contribution >= 0.6 is 0 Å². The van der Waals surface area contributed by atoms with Gasteiger partial charge in [-0.15, -0.1) is 0 Å². The smallest absolute Gasteiger partial charge is 0.326 e. The predicted octanol–water partition coefficient (Wildman–Crippen LogP) is 1.97. The van der Waals surface area contributed by atoms with Gasteiger partial charge in [0.15, 0.2) is 0 Å². The Bertz CT molecular complexity index is 752. The van der Waals surface area contributed by atoms with Gasteiger partial charge in [0.05, 0.1) is 17.1 Å². The molecule has 0 fully saturated rings. The molecule has 0 bridgehead atoms. The van der Waals surface area contributed by atoms with Crippen molar-refractivity contribution in [2.45, 2.75) is 19.4 Å². The minimum Gasteiger partial charge on any atom is -0.480 e. The number of hydrogen-bond donors (Lipinski definition) is 2. The number of aromatic nitrogens is 1. The van der Waals surface area contributed by atoms with E-state index in [-0.39, 0.29) is 12.0 Å². The largest absolute Gasteiger partial charge is 0.480 e. The highest BCUT2D eigenvalue weighted by molar-refractivity contribution is 5.99. The maximum absolute atomic E-state index is 12.2. The molecule has 0 saturated heterocycles. The maximum Gasteiger partial charge on any atom is 0.326 e. The van der Waals surface area contributed by atoms with Crippen LogP contribution in [-0.2, 0) is 4.79 Å². The molecule has 2 aromatic rings. The first-order valence-electron chi connectivity index (χ1n) is 6.79. The van der Waals surface area contributed by atoms with Gasteiger partial charge in [-0.3, -0.25) is 9.78 Å². The third kappa shape index (κ3) is 3.58. The molecule has 0 radical (unpaired) electrons. The minimum atomic E-state index is -1.16. The van der Waals surface area contributed by atoms with Crippen LogP contribution in [0.4, 0.5) is 0 Å². The van der Waals surface area contributed by atoms with E-state index in [2.05, 4.69) is 10.3 Å². The Labute approximate surface area is 127 Å². The van der Waals surface area contributed by atoms with Crippen LogP contribution in [0.5, 0.6) is 0 Å². The molecular weight excluding hydrogens is 282 g/mol. The summed E-state index contributed by atoms with van der Waals surface area (Å²) in [6, 6.07) is 9.84. The summed E-state index contributed by atoms with van der Waals surface area (Å²) in [6.45, 7) is 1.61. The van der Waals surface area contributed by atoms with Crippen molar-refractivity contribution in [3.05, 3.63) is 42.1 Å². The van der Waals surface area contributed by atoms with Crippen LogP contribution in [0, 0.1) is 17.2 Å². The van der Waals surface area contributed by atoms with Crippen molar-refractivity contribution < 1.29 is 14.7 Å². The van der Waals surface area contributed by atoms with E-state index >= 15 is 0 Å². The lowest BCUT2D eigenvalue weighted by molar-refractivity contribution is -0.139. The molecule has 2 atom stereocenters. The Kier molecular flexibility index (Phi) is 4.69. The van der Waals surface area contributed by atoms with Crippen molar-refractivity contribution in [3.8, 4) is 6.07 Å². The van der Waals surface area contributed by atoms with E-state index in [9.17, 15) is 9.59 Å². The zero-order chi connectivity index (χ0) is 16.1. The lowest BCUT2D eigenvalue weighted by Gasteiger charge is -2.15. The predicted molar refractivity (Wildman–Crippen MR) is 80.0 cm³/mol. The number of nitrogens with one attached hydrogen (secondary N) is 1. The van der Waals surface area contributed by atoms with Gasteiger partial charge in [-0.05, 0) is 25.5 Å². The Hall–Kier alpha value is -2.94. The first kappa shape index (κ1) is 15.4. The first-order valence-corrected chi connectivity index (χ1v) is 6.79. The van der Waals surface area contributed by atoms with E-state index in [1.807, 2.05) is 30.3 Å². The fourth-order valence-electron chi connectivity index (χ4n) is 2.06. The van der Waals surface area contributed by atoms with Gasteiger partial charge < -0.3 is 10.4 Å². The topological polar surface area (TPSA) is 103 Å². The molecule has 1 amide bonds. The van der Waals surface area contributed by atoms with E-state index in [1.54, 1.807) is 13.0 Å². The summed E-state index contributed by atoms with van der Waals surface area (Å²) in [5.41, 5.74) is 1.04. The molecule has 2 N–H and O–H groups in total. The average Bonchev–Trinajstić information content (AvgIpc) is 2.53. The van der Waals surface area contributed by atoms with Crippen LogP contribution in [0.25, 0.3) is 10.9 Å². The van der Waals surface area contributed by atoms with Crippen molar-refractivity contribution in [1.29, 1.82) is 5.26 Å². The number of fused-ring (bicyclic) bond motifs is 1. The van der Waals surface area contributed by atoms with Gasteiger partial charge in [0.1, 0.15) is 6.04 Å². The number of carboxylic acid groups (broad SMARTS) is 1. The van der Waals surface area contributed by atoms with Gasteiger partial charge in [-0.1, -0.05) is 18.2 Å². The third-order valence-electron chi connectivity index (χ3n) is 3.27. The number of rotatable bonds is 5. The fraction of sp³-hybridized carbons (Fsp3) is 0.250. The van der Waals surface area contributed by atoms with E-state index in [4.69, 9.17) is 10.4 Å². The first-order chi connectivity index (χ1) is 10.5. The number of benzene rings is 1. The van der Waals surface area contributed by atoms with Gasteiger partial charge in [-0.25, -0.2) is 4.79 Å². The maximum atomic E-state index is 12.2. The fourth-order valence-corrected chi connectivity index (χ4v) is 2.06. The van der Waals surface area contributed by atoms with Gasteiger partial charge in [0, 0.05) is 17.5 Å². The number of pyridine rings is 1. The number of nitriles is 1.